The van der Waals surface area contributed by atoms with E-state index in [9.17, 15) is 9.90 Å². The molecule has 0 radical (unpaired) electrons. The van der Waals surface area contributed by atoms with Crippen LogP contribution >= 0.6 is 0 Å². The molecule has 0 bridgehead atoms. The third kappa shape index (κ3) is 4.68. The molecule has 0 rings (SSSR count). The summed E-state index contributed by atoms with van der Waals surface area (Å²) in [6, 6.07) is 0. The van der Waals surface area contributed by atoms with Gasteiger partial charge in [0.1, 0.15) is 0 Å². The van der Waals surface area contributed by atoms with Crippen molar-refractivity contribution in [2.45, 2.75) is 18.9 Å². The molecular formula is C9H14O3. The van der Waals surface area contributed by atoms with Gasteiger partial charge >= 0.3 is 5.97 Å². The molecular weight excluding hydrogens is 156 g/mol. The van der Waals surface area contributed by atoms with Gasteiger partial charge in [0.05, 0.1) is 12.7 Å². The summed E-state index contributed by atoms with van der Waals surface area (Å²) in [6.07, 6.45) is 4.58. The molecule has 0 aliphatic rings. The van der Waals surface area contributed by atoms with Crippen LogP contribution in [0.15, 0.2) is 24.8 Å². The fraction of sp³-hybridized carbons (Fsp3) is 0.444. The molecule has 0 spiro atoms. The second kappa shape index (κ2) is 4.72. The van der Waals surface area contributed by atoms with Crippen LogP contribution in [0.5, 0.6) is 0 Å². The van der Waals surface area contributed by atoms with E-state index >= 15 is 0 Å². The highest BCUT2D eigenvalue weighted by Gasteiger charge is 2.13. The summed E-state index contributed by atoms with van der Waals surface area (Å²) in [5.41, 5.74) is -1.02. The zero-order chi connectivity index (χ0) is 9.61. The van der Waals surface area contributed by atoms with Gasteiger partial charge in [0.15, 0.2) is 0 Å². The van der Waals surface area contributed by atoms with Crippen LogP contribution in [0.25, 0.3) is 0 Å². The molecule has 0 saturated carbocycles. The Hall–Kier alpha value is -1.09. The second-order valence-electron chi connectivity index (χ2n) is 2.71. The van der Waals surface area contributed by atoms with Gasteiger partial charge < -0.3 is 9.84 Å². The van der Waals surface area contributed by atoms with E-state index in [0.29, 0.717) is 6.42 Å². The smallest absolute Gasteiger partial charge is 0.330 e. The van der Waals surface area contributed by atoms with Crippen LogP contribution in [0.1, 0.15) is 13.3 Å². The number of ether oxygens (including phenoxy) is 1. The fourth-order valence-electron chi connectivity index (χ4n) is 0.676. The van der Waals surface area contributed by atoms with Gasteiger partial charge in [-0.15, -0.1) is 6.58 Å². The minimum absolute atomic E-state index is 0.403. The number of rotatable bonds is 4. The molecule has 0 aliphatic carbocycles. The van der Waals surface area contributed by atoms with E-state index in [0.717, 1.165) is 0 Å². The van der Waals surface area contributed by atoms with Crippen LogP contribution < -0.4 is 0 Å². The number of carbonyl (C=O) groups excluding carboxylic acids is 1. The van der Waals surface area contributed by atoms with E-state index in [-0.39, 0.29) is 0 Å². The highest BCUT2D eigenvalue weighted by molar-refractivity contribution is 5.81. The third-order valence-electron chi connectivity index (χ3n) is 1.34. The Balaban J connectivity index is 4.11. The summed E-state index contributed by atoms with van der Waals surface area (Å²) in [5.74, 6) is -0.473. The van der Waals surface area contributed by atoms with Crippen molar-refractivity contribution in [3.8, 4) is 0 Å². The lowest BCUT2D eigenvalue weighted by Crippen LogP contribution is -2.19. The molecule has 3 heteroatoms. The number of esters is 1. The number of hydrogen-bond donors (Lipinski definition) is 1. The predicted octanol–water partition coefficient (Wildman–Crippen LogP) is 1.04. The molecule has 0 aromatic heterocycles. The van der Waals surface area contributed by atoms with E-state index in [2.05, 4.69) is 11.3 Å². The lowest BCUT2D eigenvalue weighted by Gasteiger charge is -2.15. The van der Waals surface area contributed by atoms with E-state index in [1.54, 1.807) is 13.0 Å². The van der Waals surface area contributed by atoms with Gasteiger partial charge in [-0.05, 0) is 19.4 Å². The van der Waals surface area contributed by atoms with Crippen molar-refractivity contribution in [2.75, 3.05) is 7.11 Å². The Bertz CT molecular complexity index is 192. The van der Waals surface area contributed by atoms with Gasteiger partial charge in [-0.1, -0.05) is 6.08 Å². The maximum atomic E-state index is 10.6. The van der Waals surface area contributed by atoms with Crippen molar-refractivity contribution in [3.63, 3.8) is 0 Å². The van der Waals surface area contributed by atoms with E-state index < -0.39 is 11.6 Å². The number of carbonyl (C=O) groups is 1. The number of hydrogen-bond acceptors (Lipinski definition) is 3. The number of aliphatic hydroxyl groups is 1. The van der Waals surface area contributed by atoms with Crippen molar-refractivity contribution in [1.29, 1.82) is 0 Å². The molecule has 3 nitrogen and oxygen atoms in total. The number of methoxy groups -OCH3 is 1. The average molecular weight is 170 g/mol. The van der Waals surface area contributed by atoms with E-state index in [1.165, 1.54) is 19.3 Å². The first-order chi connectivity index (χ1) is 5.52. The summed E-state index contributed by atoms with van der Waals surface area (Å²) in [4.78, 5) is 10.6. The quantitative estimate of drug-likeness (QED) is 0.389. The Kier molecular flexibility index (Phi) is 4.29. The largest absolute Gasteiger partial charge is 0.466 e. The SMILES string of the molecule is C=CC[C@@](C)(O)/C=C/C(=O)OC. The standard InChI is InChI=1S/C9H14O3/c1-4-6-9(2,11)7-5-8(10)12-3/h4-5,7,11H,1,6H2,2-3H3/b7-5+/t9-/m1/s1. The van der Waals surface area contributed by atoms with Crippen molar-refractivity contribution in [3.05, 3.63) is 24.8 Å². The first kappa shape index (κ1) is 10.9. The van der Waals surface area contributed by atoms with Gasteiger partial charge in [-0.2, -0.15) is 0 Å². The molecule has 0 amide bonds. The van der Waals surface area contributed by atoms with Gasteiger partial charge in [0.2, 0.25) is 0 Å². The minimum atomic E-state index is -1.02. The van der Waals surface area contributed by atoms with Gasteiger partial charge in [0, 0.05) is 6.08 Å². The molecule has 0 aromatic carbocycles. The minimum Gasteiger partial charge on any atom is -0.466 e. The van der Waals surface area contributed by atoms with Gasteiger partial charge in [-0.3, -0.25) is 0 Å². The Morgan fingerprint density at radius 3 is 2.75 bits per heavy atom. The summed E-state index contributed by atoms with van der Waals surface area (Å²) in [7, 11) is 1.29. The summed E-state index contributed by atoms with van der Waals surface area (Å²) >= 11 is 0. The molecule has 0 aliphatic heterocycles. The predicted molar refractivity (Wildman–Crippen MR) is 46.6 cm³/mol. The first-order valence-corrected chi connectivity index (χ1v) is 3.62. The summed E-state index contributed by atoms with van der Waals surface area (Å²) < 4.78 is 4.36. The molecule has 12 heavy (non-hydrogen) atoms. The lowest BCUT2D eigenvalue weighted by atomic mass is 10.0. The van der Waals surface area contributed by atoms with Crippen molar-refractivity contribution >= 4 is 5.97 Å². The average Bonchev–Trinajstić information content (AvgIpc) is 2.00. The normalized spacial score (nSPS) is 15.6. The molecule has 68 valence electrons. The van der Waals surface area contributed by atoms with Crippen LogP contribution in [0.2, 0.25) is 0 Å². The molecule has 0 heterocycles. The Morgan fingerprint density at radius 2 is 2.33 bits per heavy atom. The monoisotopic (exact) mass is 170 g/mol. The van der Waals surface area contributed by atoms with Crippen LogP contribution in [0, 0.1) is 0 Å². The van der Waals surface area contributed by atoms with Crippen LogP contribution in [0.3, 0.4) is 0 Å². The topological polar surface area (TPSA) is 46.5 Å². The maximum absolute atomic E-state index is 10.6. The van der Waals surface area contributed by atoms with Gasteiger partial charge in [-0.25, -0.2) is 4.79 Å². The summed E-state index contributed by atoms with van der Waals surface area (Å²) in [6.45, 7) is 5.07. The maximum Gasteiger partial charge on any atom is 0.330 e. The highest BCUT2D eigenvalue weighted by Crippen LogP contribution is 2.10. The molecule has 0 unspecified atom stereocenters. The van der Waals surface area contributed by atoms with Crippen LogP contribution in [-0.2, 0) is 9.53 Å². The van der Waals surface area contributed by atoms with Crippen LogP contribution in [0.4, 0.5) is 0 Å². The van der Waals surface area contributed by atoms with E-state index in [1.807, 2.05) is 0 Å². The zero-order valence-electron chi connectivity index (χ0n) is 7.41. The fourth-order valence-corrected chi connectivity index (χ4v) is 0.676. The van der Waals surface area contributed by atoms with Crippen molar-refractivity contribution < 1.29 is 14.6 Å². The van der Waals surface area contributed by atoms with Crippen LogP contribution in [-0.4, -0.2) is 23.8 Å². The molecule has 0 aromatic rings. The van der Waals surface area contributed by atoms with Gasteiger partial charge in [0.25, 0.3) is 0 Å². The molecule has 1 atom stereocenters. The molecule has 0 saturated heterocycles. The summed E-state index contributed by atoms with van der Waals surface area (Å²) in [5, 5.41) is 9.49. The van der Waals surface area contributed by atoms with E-state index in [4.69, 9.17) is 0 Å². The zero-order valence-corrected chi connectivity index (χ0v) is 7.41. The highest BCUT2D eigenvalue weighted by atomic mass is 16.5. The lowest BCUT2D eigenvalue weighted by molar-refractivity contribution is -0.134. The Morgan fingerprint density at radius 1 is 1.75 bits per heavy atom. The molecule has 1 N–H and O–H groups in total. The van der Waals surface area contributed by atoms with Crippen molar-refractivity contribution in [2.24, 2.45) is 0 Å². The first-order valence-electron chi connectivity index (χ1n) is 3.62. The Labute approximate surface area is 72.3 Å². The third-order valence-corrected chi connectivity index (χ3v) is 1.34. The second-order valence-corrected chi connectivity index (χ2v) is 2.71. The molecule has 0 fully saturated rings. The van der Waals surface area contributed by atoms with Crippen molar-refractivity contribution in [1.82, 2.24) is 0 Å².